The first-order valence-electron chi connectivity index (χ1n) is 5.93. The van der Waals surface area contributed by atoms with E-state index in [9.17, 15) is 0 Å². The number of fused-ring (bicyclic) bond motifs is 1. The van der Waals surface area contributed by atoms with Crippen molar-refractivity contribution >= 4 is 33.6 Å². The average molecular weight is 275 g/mol. The van der Waals surface area contributed by atoms with Crippen molar-refractivity contribution in [3.63, 3.8) is 0 Å². The third-order valence-corrected chi connectivity index (χ3v) is 4.20. The van der Waals surface area contributed by atoms with Gasteiger partial charge in [0, 0.05) is 27.6 Å². The van der Waals surface area contributed by atoms with E-state index in [2.05, 4.69) is 51.3 Å². The Bertz CT molecular complexity index is 736. The van der Waals surface area contributed by atoms with Crippen molar-refractivity contribution in [3.8, 4) is 11.4 Å². The minimum absolute atomic E-state index is 0.696. The maximum atomic E-state index is 5.28. The molecule has 0 spiro atoms. The summed E-state index contributed by atoms with van der Waals surface area (Å²) >= 11 is 7.03. The Morgan fingerprint density at radius 3 is 3.06 bits per heavy atom. The zero-order chi connectivity index (χ0) is 12.5. The largest absolute Gasteiger partial charge is 0.300 e. The molecule has 18 heavy (non-hydrogen) atoms. The van der Waals surface area contributed by atoms with Gasteiger partial charge in [0.05, 0.1) is 0 Å². The Kier molecular flexibility index (Phi) is 3.01. The molecule has 1 N–H and O–H groups in total. The monoisotopic (exact) mass is 275 g/mol. The summed E-state index contributed by atoms with van der Waals surface area (Å²) in [6.07, 6.45) is 1.04. The van der Waals surface area contributed by atoms with Gasteiger partial charge in [-0.3, -0.25) is 5.10 Å². The van der Waals surface area contributed by atoms with Gasteiger partial charge in [-0.15, -0.1) is 11.3 Å². The van der Waals surface area contributed by atoms with Crippen LogP contribution in [0.15, 0.2) is 29.6 Å². The van der Waals surface area contributed by atoms with E-state index in [0.717, 1.165) is 24.4 Å². The van der Waals surface area contributed by atoms with Crippen molar-refractivity contribution in [1.82, 2.24) is 14.8 Å². The Balaban J connectivity index is 2.23. The van der Waals surface area contributed by atoms with Crippen LogP contribution < -0.4 is 0 Å². The van der Waals surface area contributed by atoms with E-state index >= 15 is 0 Å². The summed E-state index contributed by atoms with van der Waals surface area (Å²) in [7, 11) is 0. The summed E-state index contributed by atoms with van der Waals surface area (Å²) in [5.41, 5.74) is 1.16. The van der Waals surface area contributed by atoms with Crippen LogP contribution in [0.5, 0.6) is 0 Å². The van der Waals surface area contributed by atoms with E-state index < -0.39 is 0 Å². The number of rotatable bonds is 3. The molecule has 3 aromatic rings. The SMILES string of the molecule is CCCn1c(-c2csc3ccccc23)n[nH]c1=S. The normalized spacial score (nSPS) is 11.2. The summed E-state index contributed by atoms with van der Waals surface area (Å²) in [4.78, 5) is 0. The smallest absolute Gasteiger partial charge is 0.195 e. The van der Waals surface area contributed by atoms with Gasteiger partial charge in [0.1, 0.15) is 0 Å². The molecule has 0 saturated carbocycles. The fourth-order valence-corrected chi connectivity index (χ4v) is 3.27. The first-order chi connectivity index (χ1) is 8.81. The van der Waals surface area contributed by atoms with Crippen molar-refractivity contribution < 1.29 is 0 Å². The van der Waals surface area contributed by atoms with Crippen molar-refractivity contribution in [3.05, 3.63) is 34.4 Å². The number of H-pyrrole nitrogens is 1. The highest BCUT2D eigenvalue weighted by atomic mass is 32.1. The zero-order valence-corrected chi connectivity index (χ0v) is 11.6. The van der Waals surface area contributed by atoms with Gasteiger partial charge in [-0.25, -0.2) is 0 Å². The van der Waals surface area contributed by atoms with Gasteiger partial charge in [0.15, 0.2) is 10.6 Å². The number of thiophene rings is 1. The Morgan fingerprint density at radius 1 is 1.39 bits per heavy atom. The van der Waals surface area contributed by atoms with Crippen LogP contribution in [-0.2, 0) is 6.54 Å². The second-order valence-electron chi connectivity index (χ2n) is 4.15. The lowest BCUT2D eigenvalue weighted by Crippen LogP contribution is -1.99. The van der Waals surface area contributed by atoms with Gasteiger partial charge in [-0.2, -0.15) is 5.10 Å². The molecule has 92 valence electrons. The number of hydrogen-bond donors (Lipinski definition) is 1. The summed E-state index contributed by atoms with van der Waals surface area (Å²) < 4.78 is 4.05. The maximum absolute atomic E-state index is 5.28. The summed E-state index contributed by atoms with van der Waals surface area (Å²) in [5, 5.41) is 10.7. The van der Waals surface area contributed by atoms with E-state index in [0.29, 0.717) is 4.77 Å². The second kappa shape index (κ2) is 4.66. The first-order valence-corrected chi connectivity index (χ1v) is 7.22. The van der Waals surface area contributed by atoms with Gasteiger partial charge in [-0.05, 0) is 24.7 Å². The molecule has 3 nitrogen and oxygen atoms in total. The highest BCUT2D eigenvalue weighted by molar-refractivity contribution is 7.71. The molecular formula is C13H13N3S2. The number of aromatic nitrogens is 3. The molecule has 2 aromatic heterocycles. The molecule has 2 heterocycles. The Morgan fingerprint density at radius 2 is 2.22 bits per heavy atom. The third-order valence-electron chi connectivity index (χ3n) is 2.93. The molecule has 0 radical (unpaired) electrons. The topological polar surface area (TPSA) is 33.6 Å². The highest BCUT2D eigenvalue weighted by Gasteiger charge is 2.12. The molecule has 0 aliphatic heterocycles. The van der Waals surface area contributed by atoms with Crippen LogP contribution in [0.25, 0.3) is 21.5 Å². The summed E-state index contributed by atoms with van der Waals surface area (Å²) in [6.45, 7) is 3.04. The molecule has 3 rings (SSSR count). The molecule has 0 saturated heterocycles. The lowest BCUT2D eigenvalue weighted by Gasteiger charge is -2.03. The fourth-order valence-electron chi connectivity index (χ4n) is 2.11. The fraction of sp³-hybridized carbons (Fsp3) is 0.231. The quantitative estimate of drug-likeness (QED) is 0.726. The molecule has 0 atom stereocenters. The molecule has 0 amide bonds. The number of nitrogens with zero attached hydrogens (tertiary/aromatic N) is 2. The summed E-state index contributed by atoms with van der Waals surface area (Å²) in [6, 6.07) is 8.39. The van der Waals surface area contributed by atoms with Gasteiger partial charge >= 0.3 is 0 Å². The molecule has 0 aliphatic rings. The van der Waals surface area contributed by atoms with Crippen molar-refractivity contribution in [2.75, 3.05) is 0 Å². The predicted molar refractivity (Wildman–Crippen MR) is 78.5 cm³/mol. The van der Waals surface area contributed by atoms with E-state index in [1.165, 1.54) is 10.1 Å². The van der Waals surface area contributed by atoms with E-state index in [1.807, 2.05) is 0 Å². The minimum Gasteiger partial charge on any atom is -0.300 e. The van der Waals surface area contributed by atoms with Crippen LogP contribution in [0.4, 0.5) is 0 Å². The van der Waals surface area contributed by atoms with Gasteiger partial charge in [0.25, 0.3) is 0 Å². The molecule has 0 unspecified atom stereocenters. The standard InChI is InChI=1S/C13H13N3S2/c1-2-7-16-12(14-15-13(16)17)10-8-18-11-6-4-3-5-9(10)11/h3-6,8H,2,7H2,1H3,(H,15,17). The van der Waals surface area contributed by atoms with Crippen molar-refractivity contribution in [2.45, 2.75) is 19.9 Å². The minimum atomic E-state index is 0.696. The summed E-state index contributed by atoms with van der Waals surface area (Å²) in [5.74, 6) is 0.944. The lowest BCUT2D eigenvalue weighted by molar-refractivity contribution is 0.675. The van der Waals surface area contributed by atoms with Crippen molar-refractivity contribution in [2.24, 2.45) is 0 Å². The van der Waals surface area contributed by atoms with Crippen LogP contribution in [0, 0.1) is 4.77 Å². The highest BCUT2D eigenvalue weighted by Crippen LogP contribution is 2.32. The maximum Gasteiger partial charge on any atom is 0.195 e. The molecule has 0 bridgehead atoms. The predicted octanol–water partition coefficient (Wildman–Crippen LogP) is 4.23. The number of hydrogen-bond acceptors (Lipinski definition) is 3. The number of benzene rings is 1. The number of aromatic amines is 1. The van der Waals surface area contributed by atoms with Crippen LogP contribution in [0.3, 0.4) is 0 Å². The van der Waals surface area contributed by atoms with Crippen LogP contribution in [-0.4, -0.2) is 14.8 Å². The molecular weight excluding hydrogens is 262 g/mol. The van der Waals surface area contributed by atoms with Gasteiger partial charge < -0.3 is 4.57 Å². The van der Waals surface area contributed by atoms with E-state index in [1.54, 1.807) is 11.3 Å². The third kappa shape index (κ3) is 1.79. The van der Waals surface area contributed by atoms with E-state index in [4.69, 9.17) is 12.2 Å². The van der Waals surface area contributed by atoms with Crippen LogP contribution >= 0.6 is 23.6 Å². The Labute approximate surface area is 114 Å². The molecule has 1 aromatic carbocycles. The number of nitrogens with one attached hydrogen (secondary N) is 1. The lowest BCUT2D eigenvalue weighted by atomic mass is 10.1. The van der Waals surface area contributed by atoms with Crippen LogP contribution in [0.2, 0.25) is 0 Å². The van der Waals surface area contributed by atoms with Gasteiger partial charge in [-0.1, -0.05) is 25.1 Å². The average Bonchev–Trinajstić information content (AvgIpc) is 2.95. The van der Waals surface area contributed by atoms with Crippen molar-refractivity contribution in [1.29, 1.82) is 0 Å². The van der Waals surface area contributed by atoms with E-state index in [-0.39, 0.29) is 0 Å². The zero-order valence-electron chi connectivity index (χ0n) is 10.0. The van der Waals surface area contributed by atoms with Gasteiger partial charge in [0.2, 0.25) is 0 Å². The van der Waals surface area contributed by atoms with Crippen LogP contribution in [0.1, 0.15) is 13.3 Å². The molecule has 5 heteroatoms. The second-order valence-corrected chi connectivity index (χ2v) is 5.45. The molecule has 0 fully saturated rings. The Hall–Kier alpha value is -1.46. The first kappa shape index (κ1) is 11.6. The molecule has 0 aliphatic carbocycles.